The third-order valence-electron chi connectivity index (χ3n) is 4.19. The number of para-hydroxylation sites is 1. The Balaban J connectivity index is 1.97. The average molecular weight is 283 g/mol. The third-order valence-corrected chi connectivity index (χ3v) is 4.19. The molecule has 2 heterocycles. The highest BCUT2D eigenvalue weighted by Gasteiger charge is 2.27. The summed E-state index contributed by atoms with van der Waals surface area (Å²) >= 11 is 0. The van der Waals surface area contributed by atoms with Crippen molar-refractivity contribution in [2.75, 3.05) is 13.1 Å². The molecule has 4 heteroatoms. The van der Waals surface area contributed by atoms with Crippen LogP contribution in [0.4, 0.5) is 0 Å². The minimum Gasteiger partial charge on any atom is -0.337 e. The monoisotopic (exact) mass is 283 g/mol. The maximum atomic E-state index is 12.7. The van der Waals surface area contributed by atoms with Crippen LogP contribution in [-0.2, 0) is 0 Å². The summed E-state index contributed by atoms with van der Waals surface area (Å²) in [7, 11) is 0. The second kappa shape index (κ2) is 5.37. The number of likely N-dealkylation sites (tertiary alicyclic amines) is 1. The van der Waals surface area contributed by atoms with E-state index >= 15 is 0 Å². The lowest BCUT2D eigenvalue weighted by molar-refractivity contribution is 0.0790. The smallest absolute Gasteiger partial charge is 0.255 e. The molecule has 1 amide bonds. The molecule has 3 rings (SSSR count). The summed E-state index contributed by atoms with van der Waals surface area (Å²) in [5, 5.41) is 0. The summed E-state index contributed by atoms with van der Waals surface area (Å²) in [6.45, 7) is 5.46. The largest absolute Gasteiger partial charge is 0.337 e. The molecule has 2 aromatic rings. The average Bonchev–Trinajstić information content (AvgIpc) is 3.03. The predicted octanol–water partition coefficient (Wildman–Crippen LogP) is 2.27. The molecule has 0 bridgehead atoms. The summed E-state index contributed by atoms with van der Waals surface area (Å²) in [4.78, 5) is 14.5. The van der Waals surface area contributed by atoms with Crippen LogP contribution in [0.5, 0.6) is 0 Å². The summed E-state index contributed by atoms with van der Waals surface area (Å²) in [5.41, 5.74) is 9.84. The molecule has 0 saturated carbocycles. The van der Waals surface area contributed by atoms with Crippen molar-refractivity contribution in [2.24, 2.45) is 5.73 Å². The molecule has 2 N–H and O–H groups in total. The van der Waals surface area contributed by atoms with Gasteiger partial charge in [-0.1, -0.05) is 18.2 Å². The van der Waals surface area contributed by atoms with Crippen molar-refractivity contribution in [3.63, 3.8) is 0 Å². The van der Waals surface area contributed by atoms with Gasteiger partial charge in [-0.15, -0.1) is 0 Å². The first-order valence-electron chi connectivity index (χ1n) is 7.37. The van der Waals surface area contributed by atoms with Crippen LogP contribution in [0.15, 0.2) is 36.4 Å². The van der Waals surface area contributed by atoms with Gasteiger partial charge in [0.05, 0.1) is 5.56 Å². The van der Waals surface area contributed by atoms with Crippen molar-refractivity contribution in [3.8, 4) is 5.69 Å². The van der Waals surface area contributed by atoms with E-state index in [0.717, 1.165) is 35.6 Å². The van der Waals surface area contributed by atoms with Crippen LogP contribution in [0.25, 0.3) is 5.69 Å². The Bertz CT molecular complexity index is 660. The first-order valence-corrected chi connectivity index (χ1v) is 7.37. The zero-order chi connectivity index (χ0) is 15.0. The van der Waals surface area contributed by atoms with Gasteiger partial charge in [0.25, 0.3) is 5.91 Å². The third kappa shape index (κ3) is 2.47. The highest BCUT2D eigenvalue weighted by atomic mass is 16.2. The van der Waals surface area contributed by atoms with Gasteiger partial charge in [0, 0.05) is 36.2 Å². The Labute approximate surface area is 125 Å². The number of rotatable bonds is 2. The Morgan fingerprint density at radius 1 is 1.24 bits per heavy atom. The number of aryl methyl sites for hydroxylation is 1. The highest BCUT2D eigenvalue weighted by molar-refractivity contribution is 5.96. The SMILES string of the molecule is Cc1cc(C(=O)N2CC[C@@H](N)C2)c(C)n1-c1ccccc1. The van der Waals surface area contributed by atoms with E-state index in [9.17, 15) is 4.79 Å². The normalized spacial score (nSPS) is 18.2. The van der Waals surface area contributed by atoms with Gasteiger partial charge in [0.15, 0.2) is 0 Å². The molecule has 1 aromatic heterocycles. The van der Waals surface area contributed by atoms with Crippen molar-refractivity contribution in [1.82, 2.24) is 9.47 Å². The zero-order valence-corrected chi connectivity index (χ0v) is 12.5. The van der Waals surface area contributed by atoms with Gasteiger partial charge < -0.3 is 15.2 Å². The fraction of sp³-hybridized carbons (Fsp3) is 0.353. The van der Waals surface area contributed by atoms with E-state index in [1.54, 1.807) is 0 Å². The number of hydrogen-bond donors (Lipinski definition) is 1. The lowest BCUT2D eigenvalue weighted by atomic mass is 10.2. The minimum atomic E-state index is 0.0956. The number of benzene rings is 1. The molecule has 0 aliphatic carbocycles. The molecular formula is C17H21N3O. The van der Waals surface area contributed by atoms with Gasteiger partial charge in [0.1, 0.15) is 0 Å². The molecule has 1 aliphatic rings. The van der Waals surface area contributed by atoms with Crippen LogP contribution < -0.4 is 5.73 Å². The molecule has 21 heavy (non-hydrogen) atoms. The standard InChI is InChI=1S/C17H21N3O/c1-12-10-16(17(21)19-9-8-14(18)11-19)13(2)20(12)15-6-4-3-5-7-15/h3-7,10,14H,8-9,11,18H2,1-2H3/t14-/m1/s1. The maximum absolute atomic E-state index is 12.7. The van der Waals surface area contributed by atoms with Crippen molar-refractivity contribution in [2.45, 2.75) is 26.3 Å². The van der Waals surface area contributed by atoms with Crippen molar-refractivity contribution < 1.29 is 4.79 Å². The fourth-order valence-corrected chi connectivity index (χ4v) is 3.10. The van der Waals surface area contributed by atoms with Crippen LogP contribution >= 0.6 is 0 Å². The molecule has 0 radical (unpaired) electrons. The predicted molar refractivity (Wildman–Crippen MR) is 83.7 cm³/mol. The van der Waals surface area contributed by atoms with Crippen LogP contribution in [0.2, 0.25) is 0 Å². The fourth-order valence-electron chi connectivity index (χ4n) is 3.10. The van der Waals surface area contributed by atoms with Crippen LogP contribution in [0, 0.1) is 13.8 Å². The van der Waals surface area contributed by atoms with Crippen molar-refractivity contribution in [1.29, 1.82) is 0 Å². The lowest BCUT2D eigenvalue weighted by Crippen LogP contribution is -2.32. The number of aromatic nitrogens is 1. The molecule has 110 valence electrons. The molecule has 1 atom stereocenters. The number of hydrogen-bond acceptors (Lipinski definition) is 2. The van der Waals surface area contributed by atoms with Crippen LogP contribution in [-0.4, -0.2) is 34.5 Å². The topological polar surface area (TPSA) is 51.3 Å². The summed E-state index contributed by atoms with van der Waals surface area (Å²) < 4.78 is 2.13. The molecule has 1 fully saturated rings. The second-order valence-electron chi connectivity index (χ2n) is 5.76. The van der Waals surface area contributed by atoms with E-state index in [-0.39, 0.29) is 11.9 Å². The quantitative estimate of drug-likeness (QED) is 0.919. The molecule has 1 aliphatic heterocycles. The first kappa shape index (κ1) is 13.9. The molecule has 0 spiro atoms. The Morgan fingerprint density at radius 2 is 1.95 bits per heavy atom. The van der Waals surface area contributed by atoms with Gasteiger partial charge in [-0.2, -0.15) is 0 Å². The van der Waals surface area contributed by atoms with E-state index in [4.69, 9.17) is 5.73 Å². The number of nitrogens with zero attached hydrogens (tertiary/aromatic N) is 2. The van der Waals surface area contributed by atoms with Gasteiger partial charge >= 0.3 is 0 Å². The Morgan fingerprint density at radius 3 is 2.57 bits per heavy atom. The zero-order valence-electron chi connectivity index (χ0n) is 12.5. The van der Waals surface area contributed by atoms with Crippen molar-refractivity contribution >= 4 is 5.91 Å². The molecular weight excluding hydrogens is 262 g/mol. The van der Waals surface area contributed by atoms with Gasteiger partial charge in [-0.25, -0.2) is 0 Å². The van der Waals surface area contributed by atoms with Crippen molar-refractivity contribution in [3.05, 3.63) is 53.3 Å². The number of carbonyl (C=O) groups excluding carboxylic acids is 1. The Hall–Kier alpha value is -2.07. The lowest BCUT2D eigenvalue weighted by Gasteiger charge is -2.16. The van der Waals surface area contributed by atoms with E-state index in [0.29, 0.717) is 6.54 Å². The minimum absolute atomic E-state index is 0.0956. The molecule has 4 nitrogen and oxygen atoms in total. The van der Waals surface area contributed by atoms with Gasteiger partial charge in [-0.05, 0) is 38.5 Å². The van der Waals surface area contributed by atoms with E-state index in [1.165, 1.54) is 0 Å². The maximum Gasteiger partial charge on any atom is 0.255 e. The van der Waals surface area contributed by atoms with Crippen LogP contribution in [0.3, 0.4) is 0 Å². The molecule has 0 unspecified atom stereocenters. The second-order valence-corrected chi connectivity index (χ2v) is 5.76. The number of amides is 1. The number of carbonyl (C=O) groups is 1. The summed E-state index contributed by atoms with van der Waals surface area (Å²) in [6.07, 6.45) is 0.892. The van der Waals surface area contributed by atoms with E-state index < -0.39 is 0 Å². The van der Waals surface area contributed by atoms with Gasteiger partial charge in [-0.3, -0.25) is 4.79 Å². The Kier molecular flexibility index (Phi) is 3.55. The first-order chi connectivity index (χ1) is 10.1. The summed E-state index contributed by atoms with van der Waals surface area (Å²) in [5.74, 6) is 0.0956. The highest BCUT2D eigenvalue weighted by Crippen LogP contribution is 2.23. The molecule has 1 saturated heterocycles. The number of nitrogens with two attached hydrogens (primary N) is 1. The van der Waals surface area contributed by atoms with E-state index in [2.05, 4.69) is 16.7 Å². The van der Waals surface area contributed by atoms with Gasteiger partial charge in [0.2, 0.25) is 0 Å². The summed E-state index contributed by atoms with van der Waals surface area (Å²) in [6, 6.07) is 12.2. The van der Waals surface area contributed by atoms with E-state index in [1.807, 2.05) is 43.0 Å². The molecule has 1 aromatic carbocycles. The van der Waals surface area contributed by atoms with Crippen LogP contribution in [0.1, 0.15) is 28.2 Å².